The van der Waals surface area contributed by atoms with Gasteiger partial charge in [-0.05, 0) is 35.7 Å². The van der Waals surface area contributed by atoms with Gasteiger partial charge in [-0.1, -0.05) is 19.3 Å². The van der Waals surface area contributed by atoms with E-state index in [4.69, 9.17) is 0 Å². The van der Waals surface area contributed by atoms with Crippen molar-refractivity contribution in [2.24, 2.45) is 5.92 Å². The summed E-state index contributed by atoms with van der Waals surface area (Å²) in [4.78, 5) is 14.2. The highest BCUT2D eigenvalue weighted by Crippen LogP contribution is 2.26. The molecule has 19 heavy (non-hydrogen) atoms. The van der Waals surface area contributed by atoms with Crippen molar-refractivity contribution >= 4 is 21.8 Å². The zero-order valence-corrected chi connectivity index (χ0v) is 13.3. The Balaban J connectivity index is 1.97. The molecular weight excluding hydrogens is 306 g/mol. The fourth-order valence-electron chi connectivity index (χ4n) is 2.67. The first-order valence-electron chi connectivity index (χ1n) is 7.08. The molecule has 0 aliphatic heterocycles. The van der Waals surface area contributed by atoms with Crippen LogP contribution in [0.1, 0.15) is 44.7 Å². The lowest BCUT2D eigenvalue weighted by Crippen LogP contribution is -2.33. The number of aromatic nitrogens is 2. The van der Waals surface area contributed by atoms with E-state index in [9.17, 15) is 4.79 Å². The Kier molecular flexibility index (Phi) is 5.02. The SMILES string of the molecule is CCn1cc(Br)c(CN(C)C(=O)C2CCCCC2)n1. The van der Waals surface area contributed by atoms with E-state index in [2.05, 4.69) is 28.0 Å². The Morgan fingerprint density at radius 3 is 2.74 bits per heavy atom. The van der Waals surface area contributed by atoms with Crippen LogP contribution < -0.4 is 0 Å². The highest BCUT2D eigenvalue weighted by atomic mass is 79.9. The van der Waals surface area contributed by atoms with Crippen molar-refractivity contribution in [3.63, 3.8) is 0 Å². The van der Waals surface area contributed by atoms with Gasteiger partial charge in [0, 0.05) is 25.7 Å². The van der Waals surface area contributed by atoms with Crippen LogP contribution in [0.25, 0.3) is 0 Å². The first kappa shape index (κ1) is 14.6. The maximum Gasteiger partial charge on any atom is 0.225 e. The van der Waals surface area contributed by atoms with Crippen molar-refractivity contribution < 1.29 is 4.79 Å². The Morgan fingerprint density at radius 1 is 1.47 bits per heavy atom. The van der Waals surface area contributed by atoms with Crippen molar-refractivity contribution in [2.75, 3.05) is 7.05 Å². The molecule has 1 aromatic rings. The Morgan fingerprint density at radius 2 is 2.16 bits per heavy atom. The number of carbonyl (C=O) groups excluding carboxylic acids is 1. The predicted molar refractivity (Wildman–Crippen MR) is 78.7 cm³/mol. The van der Waals surface area contributed by atoms with Gasteiger partial charge < -0.3 is 4.90 Å². The van der Waals surface area contributed by atoms with Crippen LogP contribution in [0.15, 0.2) is 10.7 Å². The second-order valence-corrected chi connectivity index (χ2v) is 6.16. The zero-order chi connectivity index (χ0) is 13.8. The number of rotatable bonds is 4. The third kappa shape index (κ3) is 3.59. The molecule has 1 heterocycles. The summed E-state index contributed by atoms with van der Waals surface area (Å²) >= 11 is 3.51. The van der Waals surface area contributed by atoms with E-state index in [1.807, 2.05) is 22.8 Å². The van der Waals surface area contributed by atoms with E-state index in [1.54, 1.807) is 0 Å². The molecule has 1 aliphatic carbocycles. The van der Waals surface area contributed by atoms with Crippen LogP contribution in [0.3, 0.4) is 0 Å². The molecule has 0 aromatic carbocycles. The van der Waals surface area contributed by atoms with E-state index >= 15 is 0 Å². The van der Waals surface area contributed by atoms with Crippen LogP contribution >= 0.6 is 15.9 Å². The van der Waals surface area contributed by atoms with Gasteiger partial charge in [-0.15, -0.1) is 0 Å². The zero-order valence-electron chi connectivity index (χ0n) is 11.7. The van der Waals surface area contributed by atoms with Crippen LogP contribution in [-0.2, 0) is 17.9 Å². The maximum atomic E-state index is 12.4. The van der Waals surface area contributed by atoms with Gasteiger partial charge in [0.1, 0.15) is 0 Å². The average molecular weight is 328 g/mol. The number of hydrogen-bond donors (Lipinski definition) is 0. The molecule has 1 fully saturated rings. The van der Waals surface area contributed by atoms with Crippen molar-refractivity contribution in [3.05, 3.63) is 16.4 Å². The van der Waals surface area contributed by atoms with E-state index in [0.29, 0.717) is 6.54 Å². The van der Waals surface area contributed by atoms with Gasteiger partial charge in [0.25, 0.3) is 0 Å². The quantitative estimate of drug-likeness (QED) is 0.851. The molecule has 1 saturated carbocycles. The Labute approximate surface area is 123 Å². The average Bonchev–Trinajstić information content (AvgIpc) is 2.79. The summed E-state index contributed by atoms with van der Waals surface area (Å²) in [6, 6.07) is 0. The fraction of sp³-hybridized carbons (Fsp3) is 0.714. The third-order valence-electron chi connectivity index (χ3n) is 3.83. The molecule has 0 radical (unpaired) electrons. The predicted octanol–water partition coefficient (Wildman–Crippen LogP) is 3.20. The fourth-order valence-corrected chi connectivity index (χ4v) is 3.11. The first-order valence-corrected chi connectivity index (χ1v) is 7.88. The molecule has 1 aromatic heterocycles. The molecule has 4 nitrogen and oxygen atoms in total. The monoisotopic (exact) mass is 327 g/mol. The van der Waals surface area contributed by atoms with Crippen LogP contribution in [0, 0.1) is 5.92 Å². The van der Waals surface area contributed by atoms with Crippen molar-refractivity contribution in [1.29, 1.82) is 0 Å². The molecule has 1 amide bonds. The molecule has 0 spiro atoms. The summed E-state index contributed by atoms with van der Waals surface area (Å²) in [5.74, 6) is 0.503. The molecule has 106 valence electrons. The number of halogens is 1. The second kappa shape index (κ2) is 6.55. The van der Waals surface area contributed by atoms with Gasteiger partial charge in [-0.2, -0.15) is 5.10 Å². The van der Waals surface area contributed by atoms with Crippen molar-refractivity contribution in [3.8, 4) is 0 Å². The first-order chi connectivity index (χ1) is 9.11. The highest BCUT2D eigenvalue weighted by molar-refractivity contribution is 9.10. The lowest BCUT2D eigenvalue weighted by molar-refractivity contribution is -0.135. The van der Waals surface area contributed by atoms with Gasteiger partial charge in [0.05, 0.1) is 16.7 Å². The van der Waals surface area contributed by atoms with Gasteiger partial charge in [0.2, 0.25) is 5.91 Å². The largest absolute Gasteiger partial charge is 0.340 e. The minimum absolute atomic E-state index is 0.228. The summed E-state index contributed by atoms with van der Waals surface area (Å²) in [6.45, 7) is 3.49. The minimum atomic E-state index is 0.228. The summed E-state index contributed by atoms with van der Waals surface area (Å²) < 4.78 is 2.87. The van der Waals surface area contributed by atoms with E-state index < -0.39 is 0 Å². The Hall–Kier alpha value is -0.840. The maximum absolute atomic E-state index is 12.4. The van der Waals surface area contributed by atoms with Crippen LogP contribution in [0.2, 0.25) is 0 Å². The molecule has 5 heteroatoms. The minimum Gasteiger partial charge on any atom is -0.340 e. The number of carbonyl (C=O) groups is 1. The number of nitrogens with zero attached hydrogens (tertiary/aromatic N) is 3. The van der Waals surface area contributed by atoms with Crippen LogP contribution in [-0.4, -0.2) is 27.6 Å². The molecule has 0 saturated heterocycles. The van der Waals surface area contributed by atoms with Crippen LogP contribution in [0.4, 0.5) is 0 Å². The molecule has 1 aliphatic rings. The summed E-state index contributed by atoms with van der Waals surface area (Å²) in [7, 11) is 1.88. The van der Waals surface area contributed by atoms with E-state index in [0.717, 1.165) is 29.6 Å². The van der Waals surface area contributed by atoms with Crippen molar-refractivity contribution in [2.45, 2.75) is 52.1 Å². The van der Waals surface area contributed by atoms with E-state index in [1.165, 1.54) is 19.3 Å². The topological polar surface area (TPSA) is 38.1 Å². The second-order valence-electron chi connectivity index (χ2n) is 5.31. The highest BCUT2D eigenvalue weighted by Gasteiger charge is 2.24. The molecule has 0 atom stereocenters. The number of hydrogen-bond acceptors (Lipinski definition) is 2. The summed E-state index contributed by atoms with van der Waals surface area (Å²) in [5, 5.41) is 4.47. The van der Waals surface area contributed by atoms with Gasteiger partial charge in [-0.3, -0.25) is 9.48 Å². The molecule has 0 bridgehead atoms. The van der Waals surface area contributed by atoms with Gasteiger partial charge >= 0.3 is 0 Å². The molecule has 0 N–H and O–H groups in total. The third-order valence-corrected chi connectivity index (χ3v) is 4.49. The lowest BCUT2D eigenvalue weighted by Gasteiger charge is -2.26. The van der Waals surface area contributed by atoms with Gasteiger partial charge in [-0.25, -0.2) is 0 Å². The van der Waals surface area contributed by atoms with Gasteiger partial charge in [0.15, 0.2) is 0 Å². The summed E-state index contributed by atoms with van der Waals surface area (Å²) in [5.41, 5.74) is 0.938. The normalized spacial score (nSPS) is 16.6. The van der Waals surface area contributed by atoms with Crippen LogP contribution in [0.5, 0.6) is 0 Å². The number of aryl methyl sites for hydroxylation is 1. The lowest BCUT2D eigenvalue weighted by atomic mass is 9.88. The smallest absolute Gasteiger partial charge is 0.225 e. The van der Waals surface area contributed by atoms with Crippen molar-refractivity contribution in [1.82, 2.24) is 14.7 Å². The summed E-state index contributed by atoms with van der Waals surface area (Å²) in [6.07, 6.45) is 7.73. The molecule has 0 unspecified atom stereocenters. The Bertz CT molecular complexity index is 438. The number of amides is 1. The molecular formula is C14H22BrN3O. The standard InChI is InChI=1S/C14H22BrN3O/c1-3-18-9-12(15)13(16-18)10-17(2)14(19)11-7-5-4-6-8-11/h9,11H,3-8,10H2,1-2H3. The molecule has 2 rings (SSSR count). The van der Waals surface area contributed by atoms with E-state index in [-0.39, 0.29) is 11.8 Å².